The molecule has 2 aromatic rings. The number of hydrogen-bond donors (Lipinski definition) is 2. The summed E-state index contributed by atoms with van der Waals surface area (Å²) in [7, 11) is 0. The predicted octanol–water partition coefficient (Wildman–Crippen LogP) is 2.08. The summed E-state index contributed by atoms with van der Waals surface area (Å²) in [5, 5.41) is 12.4. The monoisotopic (exact) mass is 357 g/mol. The van der Waals surface area contributed by atoms with Gasteiger partial charge in [0, 0.05) is 5.69 Å². The van der Waals surface area contributed by atoms with Crippen molar-refractivity contribution in [1.82, 2.24) is 0 Å². The fraction of sp³-hybridized carbons (Fsp3) is 0.211. The average molecular weight is 357 g/mol. The Morgan fingerprint density at radius 1 is 1.00 bits per heavy atom. The molecule has 2 rings (SSSR count). The molecule has 0 unspecified atom stereocenters. The number of esters is 2. The molecule has 0 fully saturated rings. The van der Waals surface area contributed by atoms with Crippen LogP contribution in [0, 0.1) is 0 Å². The zero-order valence-corrected chi connectivity index (χ0v) is 14.2. The summed E-state index contributed by atoms with van der Waals surface area (Å²) in [5.41, 5.74) is 1.18. The molecule has 1 atom stereocenters. The van der Waals surface area contributed by atoms with Crippen LogP contribution in [0.2, 0.25) is 0 Å². The van der Waals surface area contributed by atoms with Gasteiger partial charge < -0.3 is 19.9 Å². The molecule has 7 nitrogen and oxygen atoms in total. The highest BCUT2D eigenvalue weighted by Crippen LogP contribution is 2.14. The van der Waals surface area contributed by atoms with Gasteiger partial charge in [0.15, 0.2) is 12.7 Å². The highest BCUT2D eigenvalue weighted by atomic mass is 16.6. The number of hydrogen-bond acceptors (Lipinski definition) is 6. The molecule has 26 heavy (non-hydrogen) atoms. The van der Waals surface area contributed by atoms with Gasteiger partial charge in [-0.1, -0.05) is 30.3 Å². The van der Waals surface area contributed by atoms with Gasteiger partial charge in [-0.25, -0.2) is 9.59 Å². The molecular formula is C19H19NO6. The molecule has 136 valence electrons. The molecule has 0 saturated heterocycles. The van der Waals surface area contributed by atoms with Crippen LogP contribution in [0.25, 0.3) is 0 Å². The number of amides is 1. The third-order valence-corrected chi connectivity index (χ3v) is 3.36. The van der Waals surface area contributed by atoms with Gasteiger partial charge in [-0.3, -0.25) is 4.79 Å². The molecule has 0 aromatic heterocycles. The Balaban J connectivity index is 1.83. The molecule has 0 spiro atoms. The summed E-state index contributed by atoms with van der Waals surface area (Å²) < 4.78 is 9.68. The van der Waals surface area contributed by atoms with E-state index in [1.807, 2.05) is 0 Å². The van der Waals surface area contributed by atoms with E-state index < -0.39 is 30.6 Å². The van der Waals surface area contributed by atoms with Gasteiger partial charge in [-0.05, 0) is 36.8 Å². The number of carbonyl (C=O) groups is 3. The lowest BCUT2D eigenvalue weighted by Crippen LogP contribution is -2.24. The van der Waals surface area contributed by atoms with Gasteiger partial charge in [0.1, 0.15) is 0 Å². The highest BCUT2D eigenvalue weighted by molar-refractivity contribution is 5.94. The normalized spacial score (nSPS) is 11.3. The fourth-order valence-corrected chi connectivity index (χ4v) is 2.09. The first-order valence-corrected chi connectivity index (χ1v) is 7.98. The summed E-state index contributed by atoms with van der Waals surface area (Å²) >= 11 is 0. The zero-order chi connectivity index (χ0) is 18.9. The number of aliphatic hydroxyl groups is 1. The minimum absolute atomic E-state index is 0.275. The second-order valence-corrected chi connectivity index (χ2v) is 5.27. The van der Waals surface area contributed by atoms with Crippen LogP contribution in [0.4, 0.5) is 5.69 Å². The quantitative estimate of drug-likeness (QED) is 0.736. The molecule has 2 N–H and O–H groups in total. The van der Waals surface area contributed by atoms with Crippen LogP contribution in [0.3, 0.4) is 0 Å². The second kappa shape index (κ2) is 9.33. The molecule has 7 heteroatoms. The first-order chi connectivity index (χ1) is 12.5. The number of ether oxygens (including phenoxy) is 2. The minimum atomic E-state index is -1.45. The van der Waals surface area contributed by atoms with Crippen LogP contribution in [0.1, 0.15) is 28.9 Å². The van der Waals surface area contributed by atoms with Gasteiger partial charge in [-0.15, -0.1) is 0 Å². The molecule has 0 bridgehead atoms. The van der Waals surface area contributed by atoms with Gasteiger partial charge in [0.05, 0.1) is 12.2 Å². The van der Waals surface area contributed by atoms with E-state index in [1.54, 1.807) is 37.3 Å². The maximum atomic E-state index is 11.8. The largest absolute Gasteiger partial charge is 0.462 e. The molecular weight excluding hydrogens is 338 g/mol. The number of benzene rings is 2. The van der Waals surface area contributed by atoms with Crippen molar-refractivity contribution < 1.29 is 29.0 Å². The summed E-state index contributed by atoms with van der Waals surface area (Å²) in [6.45, 7) is 1.45. The number of aliphatic hydroxyl groups excluding tert-OH is 1. The third kappa shape index (κ3) is 5.42. The van der Waals surface area contributed by atoms with Crippen molar-refractivity contribution in [3.63, 3.8) is 0 Å². The molecule has 0 aliphatic rings. The molecule has 0 aliphatic heterocycles. The first kappa shape index (κ1) is 19.1. The Bertz CT molecular complexity index is 757. The van der Waals surface area contributed by atoms with Crippen LogP contribution in [0.15, 0.2) is 54.6 Å². The molecule has 0 heterocycles. The lowest BCUT2D eigenvalue weighted by atomic mass is 10.1. The van der Waals surface area contributed by atoms with Crippen LogP contribution in [0.5, 0.6) is 0 Å². The van der Waals surface area contributed by atoms with E-state index in [0.29, 0.717) is 16.8 Å². The molecule has 0 aliphatic carbocycles. The highest BCUT2D eigenvalue weighted by Gasteiger charge is 2.19. The topological polar surface area (TPSA) is 102 Å². The van der Waals surface area contributed by atoms with Crippen molar-refractivity contribution in [3.8, 4) is 0 Å². The summed E-state index contributed by atoms with van der Waals surface area (Å²) in [5.74, 6) is -1.93. The van der Waals surface area contributed by atoms with Gasteiger partial charge in [-0.2, -0.15) is 0 Å². The predicted molar refractivity (Wildman–Crippen MR) is 93.4 cm³/mol. The Morgan fingerprint density at radius 2 is 1.65 bits per heavy atom. The molecule has 1 amide bonds. The maximum absolute atomic E-state index is 11.8. The van der Waals surface area contributed by atoms with Gasteiger partial charge >= 0.3 is 11.9 Å². The number of nitrogens with one attached hydrogen (secondary N) is 1. The smallest absolute Gasteiger partial charge is 0.340 e. The Labute approximate surface area is 150 Å². The van der Waals surface area contributed by atoms with E-state index in [1.165, 1.54) is 24.3 Å². The van der Waals surface area contributed by atoms with E-state index in [0.717, 1.165) is 0 Å². The van der Waals surface area contributed by atoms with Gasteiger partial charge in [0.2, 0.25) is 0 Å². The summed E-state index contributed by atoms with van der Waals surface area (Å²) in [4.78, 5) is 35.2. The van der Waals surface area contributed by atoms with E-state index in [-0.39, 0.29) is 6.61 Å². The number of rotatable bonds is 7. The Hall–Kier alpha value is -3.19. The first-order valence-electron chi connectivity index (χ1n) is 7.98. The number of anilines is 1. The average Bonchev–Trinajstić information content (AvgIpc) is 2.67. The van der Waals surface area contributed by atoms with Crippen LogP contribution in [-0.4, -0.2) is 36.2 Å². The van der Waals surface area contributed by atoms with Crippen LogP contribution >= 0.6 is 0 Å². The second-order valence-electron chi connectivity index (χ2n) is 5.27. The van der Waals surface area contributed by atoms with Crippen molar-refractivity contribution in [2.24, 2.45) is 0 Å². The lowest BCUT2D eigenvalue weighted by molar-refractivity contribution is -0.156. The Morgan fingerprint density at radius 3 is 2.27 bits per heavy atom. The zero-order valence-electron chi connectivity index (χ0n) is 14.2. The van der Waals surface area contributed by atoms with Crippen LogP contribution in [-0.2, 0) is 19.1 Å². The van der Waals surface area contributed by atoms with Crippen molar-refractivity contribution in [3.05, 3.63) is 65.7 Å². The van der Waals surface area contributed by atoms with Crippen molar-refractivity contribution in [2.45, 2.75) is 13.0 Å². The van der Waals surface area contributed by atoms with E-state index >= 15 is 0 Å². The Kier molecular flexibility index (Phi) is 6.87. The van der Waals surface area contributed by atoms with Crippen molar-refractivity contribution in [1.29, 1.82) is 0 Å². The van der Waals surface area contributed by atoms with E-state index in [4.69, 9.17) is 9.47 Å². The van der Waals surface area contributed by atoms with Crippen LogP contribution < -0.4 is 5.32 Å². The van der Waals surface area contributed by atoms with Crippen molar-refractivity contribution in [2.75, 3.05) is 18.5 Å². The molecule has 0 saturated carbocycles. The van der Waals surface area contributed by atoms with Gasteiger partial charge in [0.25, 0.3) is 5.91 Å². The minimum Gasteiger partial charge on any atom is -0.462 e. The fourth-order valence-electron chi connectivity index (χ4n) is 2.09. The lowest BCUT2D eigenvalue weighted by Gasteiger charge is -2.11. The molecule has 0 radical (unpaired) electrons. The number of carbonyl (C=O) groups excluding carboxylic acids is 3. The van der Waals surface area contributed by atoms with E-state index in [9.17, 15) is 19.5 Å². The molecule has 2 aromatic carbocycles. The third-order valence-electron chi connectivity index (χ3n) is 3.36. The SMILES string of the molecule is CCOC(=O)c1ccc(NC(=O)COC(=O)[C@H](O)c2ccccc2)cc1. The standard InChI is InChI=1S/C19H19NO6/c1-2-25-18(23)14-8-10-15(11-9-14)20-16(21)12-26-19(24)17(22)13-6-4-3-5-7-13/h3-11,17,22H,2,12H2,1H3,(H,20,21)/t17-/m1/s1. The summed E-state index contributed by atoms with van der Waals surface area (Å²) in [6.07, 6.45) is -1.45. The maximum Gasteiger partial charge on any atom is 0.340 e. The van der Waals surface area contributed by atoms with Crippen molar-refractivity contribution >= 4 is 23.5 Å². The summed E-state index contributed by atoms with van der Waals surface area (Å²) in [6, 6.07) is 14.4. The van der Waals surface area contributed by atoms with E-state index in [2.05, 4.69) is 5.32 Å².